The summed E-state index contributed by atoms with van der Waals surface area (Å²) in [6, 6.07) is 9.31. The Labute approximate surface area is 90.2 Å². The van der Waals surface area contributed by atoms with Crippen molar-refractivity contribution in [2.45, 2.75) is 19.3 Å². The molecule has 14 heavy (non-hydrogen) atoms. The van der Waals surface area contributed by atoms with E-state index >= 15 is 0 Å². The molecular formula is C12H15NO. The Kier molecular flexibility index (Phi) is 1.77. The summed E-state index contributed by atoms with van der Waals surface area (Å²) in [5.41, 5.74) is 0.909. The van der Waals surface area contributed by atoms with Gasteiger partial charge in [0.05, 0.1) is 0 Å². The minimum atomic E-state index is -2.44. The fourth-order valence-electron chi connectivity index (χ4n) is 1.42. The Morgan fingerprint density at radius 2 is 2.14 bits per heavy atom. The molecule has 1 heterocycles. The molecule has 1 saturated heterocycles. The van der Waals surface area contributed by atoms with Gasteiger partial charge in [0.15, 0.2) is 0 Å². The van der Waals surface area contributed by atoms with Crippen molar-refractivity contribution < 1.29 is 10.3 Å². The summed E-state index contributed by atoms with van der Waals surface area (Å²) in [5, 5.41) is 0. The Morgan fingerprint density at radius 1 is 1.36 bits per heavy atom. The van der Waals surface area contributed by atoms with E-state index in [9.17, 15) is 4.79 Å². The zero-order valence-corrected chi connectivity index (χ0v) is 7.86. The Bertz CT molecular complexity index is 447. The highest BCUT2D eigenvalue weighted by Gasteiger charge is 2.15. The van der Waals surface area contributed by atoms with Crippen molar-refractivity contribution in [1.29, 1.82) is 0 Å². The fraction of sp³-hybridized carbons (Fsp3) is 0.417. The van der Waals surface area contributed by atoms with Crippen LogP contribution < -0.4 is 0 Å². The highest BCUT2D eigenvalue weighted by molar-refractivity contribution is 5.79. The lowest BCUT2D eigenvalue weighted by Gasteiger charge is -2.25. The van der Waals surface area contributed by atoms with E-state index in [0.29, 0.717) is 6.54 Å². The van der Waals surface area contributed by atoms with E-state index in [1.54, 1.807) is 0 Å². The first-order chi connectivity index (χ1) is 8.35. The van der Waals surface area contributed by atoms with Crippen LogP contribution in [0.5, 0.6) is 0 Å². The van der Waals surface area contributed by atoms with E-state index < -0.39 is 18.7 Å². The van der Waals surface area contributed by atoms with Crippen LogP contribution in [-0.4, -0.2) is 23.7 Å². The molecule has 74 valence electrons. The van der Waals surface area contributed by atoms with E-state index in [0.717, 1.165) is 5.56 Å². The van der Waals surface area contributed by atoms with Crippen molar-refractivity contribution in [3.05, 3.63) is 35.9 Å². The molecule has 0 aromatic heterocycles. The molecule has 0 spiro atoms. The highest BCUT2D eigenvalue weighted by atomic mass is 16.1. The Hall–Kier alpha value is -1.15. The minimum Gasteiger partial charge on any atom is -0.300 e. The third-order valence-corrected chi connectivity index (χ3v) is 2.18. The molecule has 1 aliphatic rings. The quantitative estimate of drug-likeness (QED) is 0.714. The van der Waals surface area contributed by atoms with Gasteiger partial charge >= 0.3 is 0 Å². The molecule has 0 saturated carbocycles. The van der Waals surface area contributed by atoms with Gasteiger partial charge in [0.2, 0.25) is 0 Å². The SMILES string of the molecule is [2H]C1([2H])C(=O)CCN(Cc2ccccc2)C1([2H])[2H]. The second-order valence-electron chi connectivity index (χ2n) is 3.32. The molecule has 0 aliphatic carbocycles. The summed E-state index contributed by atoms with van der Waals surface area (Å²) >= 11 is 0. The molecule has 1 fully saturated rings. The molecule has 0 radical (unpaired) electrons. The van der Waals surface area contributed by atoms with Gasteiger partial charge in [0.1, 0.15) is 5.78 Å². The molecule has 0 amide bonds. The number of carbonyl (C=O) groups excluding carboxylic acids is 1. The second-order valence-corrected chi connectivity index (χ2v) is 3.32. The summed E-state index contributed by atoms with van der Waals surface area (Å²) in [5.74, 6) is -0.656. The fourth-order valence-corrected chi connectivity index (χ4v) is 1.42. The van der Waals surface area contributed by atoms with Crippen molar-refractivity contribution >= 4 is 5.78 Å². The predicted octanol–water partition coefficient (Wildman–Crippen LogP) is 1.85. The average molecular weight is 193 g/mol. The molecule has 0 atom stereocenters. The maximum absolute atomic E-state index is 11.5. The van der Waals surface area contributed by atoms with Gasteiger partial charge in [-0.2, -0.15) is 0 Å². The van der Waals surface area contributed by atoms with Gasteiger partial charge in [0.25, 0.3) is 0 Å². The van der Waals surface area contributed by atoms with E-state index in [4.69, 9.17) is 5.48 Å². The lowest BCUT2D eigenvalue weighted by molar-refractivity contribution is -0.121. The van der Waals surface area contributed by atoms with Gasteiger partial charge in [0, 0.05) is 37.9 Å². The summed E-state index contributed by atoms with van der Waals surface area (Å²) in [6.45, 7) is -1.71. The van der Waals surface area contributed by atoms with Gasteiger partial charge < -0.3 is 0 Å². The van der Waals surface area contributed by atoms with Crippen LogP contribution in [0.25, 0.3) is 0 Å². The second kappa shape index (κ2) is 4.38. The van der Waals surface area contributed by atoms with Crippen molar-refractivity contribution in [2.24, 2.45) is 0 Å². The normalized spacial score (nSPS) is 29.9. The Balaban J connectivity index is 2.22. The van der Waals surface area contributed by atoms with Gasteiger partial charge in [-0.3, -0.25) is 9.69 Å². The van der Waals surface area contributed by atoms with Crippen LogP contribution in [0, 0.1) is 0 Å². The number of Topliss-reactive ketones (excluding diaryl/α,β-unsaturated/α-hetero) is 1. The van der Waals surface area contributed by atoms with Crippen LogP contribution in [0.2, 0.25) is 0 Å². The molecule has 1 aromatic rings. The molecular weight excluding hydrogens is 174 g/mol. The maximum atomic E-state index is 11.5. The number of benzene rings is 1. The first-order valence-electron chi connectivity index (χ1n) is 6.68. The lowest BCUT2D eigenvalue weighted by atomic mass is 10.1. The van der Waals surface area contributed by atoms with Gasteiger partial charge in [-0.25, -0.2) is 0 Å². The lowest BCUT2D eigenvalue weighted by Crippen LogP contribution is -2.33. The topological polar surface area (TPSA) is 20.3 Å². The van der Waals surface area contributed by atoms with Crippen molar-refractivity contribution in [1.82, 2.24) is 4.90 Å². The number of likely N-dealkylation sites (tertiary alicyclic amines) is 1. The van der Waals surface area contributed by atoms with Crippen molar-refractivity contribution in [2.75, 3.05) is 13.0 Å². The predicted molar refractivity (Wildman–Crippen MR) is 56.0 cm³/mol. The largest absolute Gasteiger partial charge is 0.300 e. The molecule has 2 nitrogen and oxygen atoms in total. The zero-order chi connectivity index (χ0) is 13.4. The third kappa shape index (κ3) is 2.42. The number of piperidine rings is 1. The van der Waals surface area contributed by atoms with Gasteiger partial charge in [-0.1, -0.05) is 30.3 Å². The van der Waals surface area contributed by atoms with E-state index in [1.165, 1.54) is 4.90 Å². The van der Waals surface area contributed by atoms with Gasteiger partial charge in [-0.05, 0) is 5.56 Å². The zero-order valence-electron chi connectivity index (χ0n) is 11.9. The molecule has 0 N–H and O–H groups in total. The van der Waals surface area contributed by atoms with E-state index in [1.807, 2.05) is 30.3 Å². The number of rotatable bonds is 2. The summed E-state index contributed by atoms with van der Waals surface area (Å²) in [7, 11) is 0. The van der Waals surface area contributed by atoms with Crippen molar-refractivity contribution in [3.63, 3.8) is 0 Å². The van der Waals surface area contributed by atoms with Crippen molar-refractivity contribution in [3.8, 4) is 0 Å². The maximum Gasteiger partial charge on any atom is 0.135 e. The molecule has 0 unspecified atom stereocenters. The number of nitrogens with zero attached hydrogens (tertiary/aromatic N) is 1. The van der Waals surface area contributed by atoms with Crippen LogP contribution in [0.3, 0.4) is 0 Å². The third-order valence-electron chi connectivity index (χ3n) is 2.18. The number of carbonyl (C=O) groups is 1. The Morgan fingerprint density at radius 3 is 2.93 bits per heavy atom. The standard InChI is InChI=1S/C12H15NO/c14-12-6-8-13(9-7-12)10-11-4-2-1-3-5-11/h1-5H,6-10H2/i6D2,8D2. The number of hydrogen-bond acceptors (Lipinski definition) is 2. The monoisotopic (exact) mass is 193 g/mol. The first kappa shape index (κ1) is 5.66. The molecule has 1 aromatic carbocycles. The number of ketones is 1. The molecule has 0 bridgehead atoms. The number of hydrogen-bond donors (Lipinski definition) is 0. The summed E-state index contributed by atoms with van der Waals surface area (Å²) in [6.07, 6.45) is -2.39. The van der Waals surface area contributed by atoms with E-state index in [2.05, 4.69) is 0 Å². The molecule has 2 rings (SSSR count). The van der Waals surface area contributed by atoms with Crippen LogP contribution in [-0.2, 0) is 11.3 Å². The van der Waals surface area contributed by atoms with Gasteiger partial charge in [-0.15, -0.1) is 0 Å². The van der Waals surface area contributed by atoms with Crippen LogP contribution in [0.1, 0.15) is 23.8 Å². The molecule has 1 aliphatic heterocycles. The summed E-state index contributed by atoms with van der Waals surface area (Å²) in [4.78, 5) is 12.9. The van der Waals surface area contributed by atoms with Crippen LogP contribution >= 0.6 is 0 Å². The van der Waals surface area contributed by atoms with Crippen LogP contribution in [0.15, 0.2) is 30.3 Å². The van der Waals surface area contributed by atoms with Crippen LogP contribution in [0.4, 0.5) is 0 Å². The minimum absolute atomic E-state index is 0.0549. The highest BCUT2D eigenvalue weighted by Crippen LogP contribution is 2.10. The average Bonchev–Trinajstić information content (AvgIpc) is 2.33. The first-order valence-corrected chi connectivity index (χ1v) is 4.68. The van der Waals surface area contributed by atoms with E-state index in [-0.39, 0.29) is 13.0 Å². The molecule has 2 heteroatoms. The smallest absolute Gasteiger partial charge is 0.135 e. The summed E-state index contributed by atoms with van der Waals surface area (Å²) < 4.78 is 31.0.